The first kappa shape index (κ1) is 13.8. The SMILES string of the molecule is CCc1ncc(S(=O)(=O)NCc2nc(C)c(C)o2)[nH]1. The van der Waals surface area contributed by atoms with Crippen LogP contribution in [0.3, 0.4) is 0 Å². The molecule has 2 aromatic heterocycles. The number of rotatable bonds is 5. The van der Waals surface area contributed by atoms with Crippen molar-refractivity contribution in [3.63, 3.8) is 0 Å². The van der Waals surface area contributed by atoms with E-state index in [9.17, 15) is 8.42 Å². The number of sulfonamides is 1. The number of nitrogens with zero attached hydrogens (tertiary/aromatic N) is 2. The van der Waals surface area contributed by atoms with Gasteiger partial charge in [0.1, 0.15) is 11.6 Å². The van der Waals surface area contributed by atoms with Crippen molar-refractivity contribution in [2.45, 2.75) is 38.8 Å². The molecule has 7 nitrogen and oxygen atoms in total. The number of aryl methyl sites for hydroxylation is 3. The molecule has 0 aliphatic heterocycles. The quantitative estimate of drug-likeness (QED) is 0.854. The second kappa shape index (κ2) is 5.14. The third-order valence-electron chi connectivity index (χ3n) is 2.72. The normalized spacial score (nSPS) is 11.9. The van der Waals surface area contributed by atoms with Gasteiger partial charge in [0.15, 0.2) is 5.03 Å². The number of oxazole rings is 1. The van der Waals surface area contributed by atoms with E-state index in [-0.39, 0.29) is 11.6 Å². The molecule has 104 valence electrons. The Morgan fingerprint density at radius 1 is 1.42 bits per heavy atom. The molecule has 0 aliphatic carbocycles. The van der Waals surface area contributed by atoms with Crippen LogP contribution in [0.2, 0.25) is 0 Å². The van der Waals surface area contributed by atoms with Crippen molar-refractivity contribution in [3.05, 3.63) is 29.4 Å². The van der Waals surface area contributed by atoms with Gasteiger partial charge in [-0.25, -0.2) is 23.1 Å². The summed E-state index contributed by atoms with van der Waals surface area (Å²) in [6.07, 6.45) is 1.95. The van der Waals surface area contributed by atoms with Crippen LogP contribution in [0.5, 0.6) is 0 Å². The van der Waals surface area contributed by atoms with E-state index in [1.807, 2.05) is 6.92 Å². The van der Waals surface area contributed by atoms with Crippen LogP contribution in [0.15, 0.2) is 15.6 Å². The number of aromatic amines is 1. The summed E-state index contributed by atoms with van der Waals surface area (Å²) in [5.41, 5.74) is 0.754. The van der Waals surface area contributed by atoms with Crippen LogP contribution in [0.25, 0.3) is 0 Å². The maximum absolute atomic E-state index is 12.0. The molecule has 0 radical (unpaired) electrons. The molecule has 0 amide bonds. The summed E-state index contributed by atoms with van der Waals surface area (Å²) >= 11 is 0. The fraction of sp³-hybridized carbons (Fsp3) is 0.455. The molecule has 19 heavy (non-hydrogen) atoms. The number of aromatic nitrogens is 3. The average molecular weight is 284 g/mol. The van der Waals surface area contributed by atoms with E-state index in [4.69, 9.17) is 4.42 Å². The van der Waals surface area contributed by atoms with Gasteiger partial charge in [-0.15, -0.1) is 0 Å². The summed E-state index contributed by atoms with van der Waals surface area (Å²) < 4.78 is 31.7. The van der Waals surface area contributed by atoms with Crippen molar-refractivity contribution in [3.8, 4) is 0 Å². The van der Waals surface area contributed by atoms with Crippen molar-refractivity contribution in [1.29, 1.82) is 0 Å². The number of nitrogens with one attached hydrogen (secondary N) is 2. The smallest absolute Gasteiger partial charge is 0.258 e. The summed E-state index contributed by atoms with van der Waals surface area (Å²) in [4.78, 5) is 10.8. The third-order valence-corrected chi connectivity index (χ3v) is 4.03. The molecule has 8 heteroatoms. The molecule has 0 fully saturated rings. The lowest BCUT2D eigenvalue weighted by atomic mass is 10.4. The molecule has 0 bridgehead atoms. The van der Waals surface area contributed by atoms with Crippen LogP contribution < -0.4 is 4.72 Å². The summed E-state index contributed by atoms with van der Waals surface area (Å²) in [7, 11) is -3.62. The summed E-state index contributed by atoms with van der Waals surface area (Å²) in [5.74, 6) is 1.65. The van der Waals surface area contributed by atoms with Crippen molar-refractivity contribution in [2.75, 3.05) is 0 Å². The molecule has 0 atom stereocenters. The molecule has 2 N–H and O–H groups in total. The van der Waals surface area contributed by atoms with E-state index < -0.39 is 10.0 Å². The monoisotopic (exact) mass is 284 g/mol. The van der Waals surface area contributed by atoms with E-state index in [1.54, 1.807) is 13.8 Å². The van der Waals surface area contributed by atoms with Crippen molar-refractivity contribution >= 4 is 10.0 Å². The van der Waals surface area contributed by atoms with E-state index >= 15 is 0 Å². The predicted molar refractivity (Wildman–Crippen MR) is 68.0 cm³/mol. The van der Waals surface area contributed by atoms with Gasteiger partial charge in [0.05, 0.1) is 18.4 Å². The maximum atomic E-state index is 12.0. The Labute approximate surface area is 111 Å². The molecular formula is C11H16N4O3S. The fourth-order valence-electron chi connectivity index (χ4n) is 1.51. The lowest BCUT2D eigenvalue weighted by Gasteiger charge is -2.01. The summed E-state index contributed by atoms with van der Waals surface area (Å²) in [6, 6.07) is 0. The van der Waals surface area contributed by atoms with Crippen molar-refractivity contribution in [1.82, 2.24) is 19.7 Å². The molecule has 2 heterocycles. The molecule has 0 saturated heterocycles. The number of hydrogen-bond donors (Lipinski definition) is 2. The van der Waals surface area contributed by atoms with Crippen LogP contribution in [0.4, 0.5) is 0 Å². The number of hydrogen-bond acceptors (Lipinski definition) is 5. The Morgan fingerprint density at radius 2 is 2.16 bits per heavy atom. The Morgan fingerprint density at radius 3 is 2.68 bits per heavy atom. The first-order chi connectivity index (χ1) is 8.92. The predicted octanol–water partition coefficient (Wildman–Crippen LogP) is 1.06. The zero-order chi connectivity index (χ0) is 14.0. The molecule has 0 saturated carbocycles. The van der Waals surface area contributed by atoms with Crippen LogP contribution in [-0.2, 0) is 23.0 Å². The van der Waals surface area contributed by atoms with Gasteiger partial charge in [-0.2, -0.15) is 0 Å². The highest BCUT2D eigenvalue weighted by Crippen LogP contribution is 2.10. The first-order valence-electron chi connectivity index (χ1n) is 5.89. The lowest BCUT2D eigenvalue weighted by molar-refractivity contribution is 0.462. The molecular weight excluding hydrogens is 268 g/mol. The van der Waals surface area contributed by atoms with Gasteiger partial charge in [-0.1, -0.05) is 6.92 Å². The van der Waals surface area contributed by atoms with E-state index in [0.717, 1.165) is 5.69 Å². The minimum absolute atomic E-state index is 0.0114. The van der Waals surface area contributed by atoms with Gasteiger partial charge in [0.25, 0.3) is 10.0 Å². The van der Waals surface area contributed by atoms with Crippen molar-refractivity contribution in [2.24, 2.45) is 0 Å². The van der Waals surface area contributed by atoms with Crippen LogP contribution in [-0.4, -0.2) is 23.4 Å². The van der Waals surface area contributed by atoms with Gasteiger partial charge in [0.2, 0.25) is 5.89 Å². The molecule has 0 spiro atoms. The summed E-state index contributed by atoms with van der Waals surface area (Å²) in [5, 5.41) is 0.0457. The van der Waals surface area contributed by atoms with Crippen LogP contribution in [0, 0.1) is 13.8 Å². The molecule has 2 rings (SSSR count). The fourth-order valence-corrected chi connectivity index (χ4v) is 2.42. The molecule has 0 aromatic carbocycles. The summed E-state index contributed by atoms with van der Waals surface area (Å²) in [6.45, 7) is 5.49. The molecule has 0 unspecified atom stereocenters. The number of imidazole rings is 1. The zero-order valence-electron chi connectivity index (χ0n) is 11.0. The largest absolute Gasteiger partial charge is 0.444 e. The minimum Gasteiger partial charge on any atom is -0.444 e. The molecule has 2 aromatic rings. The van der Waals surface area contributed by atoms with E-state index in [0.29, 0.717) is 23.9 Å². The Bertz CT molecular complexity index is 652. The zero-order valence-corrected chi connectivity index (χ0v) is 11.8. The van der Waals surface area contributed by atoms with Gasteiger partial charge >= 0.3 is 0 Å². The lowest BCUT2D eigenvalue weighted by Crippen LogP contribution is -2.23. The van der Waals surface area contributed by atoms with Gasteiger partial charge in [0, 0.05) is 6.42 Å². The average Bonchev–Trinajstić information content (AvgIpc) is 2.95. The van der Waals surface area contributed by atoms with Crippen LogP contribution >= 0.6 is 0 Å². The maximum Gasteiger partial charge on any atom is 0.258 e. The Balaban J connectivity index is 2.09. The third kappa shape index (κ3) is 3.02. The standard InChI is InChI=1S/C11H16N4O3S/c1-4-9-12-6-11(15-9)19(16,17)13-5-10-14-7(2)8(3)18-10/h6,13H,4-5H2,1-3H3,(H,12,15). The second-order valence-electron chi connectivity index (χ2n) is 4.12. The van der Waals surface area contributed by atoms with Gasteiger partial charge in [-0.05, 0) is 13.8 Å². The van der Waals surface area contributed by atoms with E-state index in [1.165, 1.54) is 6.20 Å². The topological polar surface area (TPSA) is 101 Å². The first-order valence-corrected chi connectivity index (χ1v) is 7.37. The minimum atomic E-state index is -3.62. The van der Waals surface area contributed by atoms with Crippen molar-refractivity contribution < 1.29 is 12.8 Å². The van der Waals surface area contributed by atoms with Gasteiger partial charge in [-0.3, -0.25) is 0 Å². The molecule has 0 aliphatic rings. The Kier molecular flexibility index (Phi) is 3.72. The second-order valence-corrected chi connectivity index (χ2v) is 5.86. The van der Waals surface area contributed by atoms with Gasteiger partial charge < -0.3 is 9.40 Å². The van der Waals surface area contributed by atoms with Crippen LogP contribution in [0.1, 0.15) is 30.1 Å². The Hall–Kier alpha value is -1.67. The number of H-pyrrole nitrogens is 1. The highest BCUT2D eigenvalue weighted by atomic mass is 32.2. The highest BCUT2D eigenvalue weighted by Gasteiger charge is 2.18. The van der Waals surface area contributed by atoms with E-state index in [2.05, 4.69) is 19.7 Å². The highest BCUT2D eigenvalue weighted by molar-refractivity contribution is 7.89.